The van der Waals surface area contributed by atoms with Crippen LogP contribution in [0.15, 0.2) is 17.7 Å². The molecule has 0 aromatic heterocycles. The Morgan fingerprint density at radius 1 is 1.56 bits per heavy atom. The molecule has 0 aliphatic heterocycles. The number of anilines is 1. The van der Waals surface area contributed by atoms with Gasteiger partial charge >= 0.3 is 0 Å². The predicted octanol–water partition coefficient (Wildman–Crippen LogP) is 2.67. The number of amides is 1. The molecule has 0 spiro atoms. The van der Waals surface area contributed by atoms with Gasteiger partial charge in [-0.3, -0.25) is 4.79 Å². The molecule has 3 N–H and O–H groups in total. The lowest BCUT2D eigenvalue weighted by molar-refractivity contribution is -0.105. The van der Waals surface area contributed by atoms with E-state index in [1.54, 1.807) is 12.1 Å². The number of hydrogen-bond acceptors (Lipinski definition) is 3. The van der Waals surface area contributed by atoms with Gasteiger partial charge in [0.05, 0.1) is 17.8 Å². The molecule has 0 aliphatic rings. The van der Waals surface area contributed by atoms with Gasteiger partial charge in [-0.1, -0.05) is 23.3 Å². The van der Waals surface area contributed by atoms with Crippen LogP contribution in [0.5, 0.6) is 5.75 Å². The van der Waals surface area contributed by atoms with Gasteiger partial charge in [-0.25, -0.2) is 0 Å². The Hall–Kier alpha value is -1.52. The molecule has 98 valence electrons. The van der Waals surface area contributed by atoms with Crippen molar-refractivity contribution in [3.8, 4) is 5.75 Å². The zero-order chi connectivity index (χ0) is 13.7. The molecule has 1 rings (SSSR count). The molecule has 1 aromatic carbocycles. The van der Waals surface area contributed by atoms with Crippen molar-refractivity contribution in [2.75, 3.05) is 12.4 Å². The maximum absolute atomic E-state index is 10.6. The molecule has 0 radical (unpaired) electrons. The van der Waals surface area contributed by atoms with Crippen LogP contribution in [0.4, 0.5) is 5.69 Å². The van der Waals surface area contributed by atoms with Crippen LogP contribution < -0.4 is 15.8 Å². The number of benzene rings is 1. The maximum atomic E-state index is 10.6. The van der Waals surface area contributed by atoms with Crippen molar-refractivity contribution in [3.05, 3.63) is 28.3 Å². The van der Waals surface area contributed by atoms with Crippen molar-refractivity contribution in [1.29, 1.82) is 0 Å². The molecule has 5 heteroatoms. The Balaban J connectivity index is 3.28. The molecule has 0 aliphatic carbocycles. The number of nitrogens with one attached hydrogen (secondary N) is 1. The van der Waals surface area contributed by atoms with Gasteiger partial charge in [0.15, 0.2) is 0 Å². The minimum atomic E-state index is -0.0602. The van der Waals surface area contributed by atoms with E-state index in [1.165, 1.54) is 7.11 Å². The smallest absolute Gasteiger partial charge is 0.211 e. The molecule has 1 amide bonds. The van der Waals surface area contributed by atoms with Gasteiger partial charge in [0.2, 0.25) is 6.41 Å². The van der Waals surface area contributed by atoms with Gasteiger partial charge in [0.1, 0.15) is 5.75 Å². The van der Waals surface area contributed by atoms with Crippen LogP contribution in [0.2, 0.25) is 5.02 Å². The van der Waals surface area contributed by atoms with Crippen LogP contribution in [0.1, 0.15) is 19.4 Å². The van der Waals surface area contributed by atoms with Crippen molar-refractivity contribution >= 4 is 29.8 Å². The number of ether oxygens (including phenoxy) is 1. The van der Waals surface area contributed by atoms with Crippen molar-refractivity contribution in [2.24, 2.45) is 5.73 Å². The van der Waals surface area contributed by atoms with Crippen LogP contribution in [-0.4, -0.2) is 19.6 Å². The third-order valence-electron chi connectivity index (χ3n) is 2.64. The summed E-state index contributed by atoms with van der Waals surface area (Å²) >= 11 is 6.06. The summed E-state index contributed by atoms with van der Waals surface area (Å²) in [6, 6.07) is 3.35. The quantitative estimate of drug-likeness (QED) is 0.807. The van der Waals surface area contributed by atoms with Crippen LogP contribution >= 0.6 is 11.6 Å². The Morgan fingerprint density at radius 3 is 2.72 bits per heavy atom. The normalized spacial score (nSPS) is 13.1. The van der Waals surface area contributed by atoms with Gasteiger partial charge in [-0.2, -0.15) is 0 Å². The van der Waals surface area contributed by atoms with Crippen LogP contribution in [0.3, 0.4) is 0 Å². The van der Waals surface area contributed by atoms with E-state index in [4.69, 9.17) is 22.1 Å². The lowest BCUT2D eigenvalue weighted by Crippen LogP contribution is -2.15. The molecule has 4 nitrogen and oxygen atoms in total. The number of halogens is 1. The highest BCUT2D eigenvalue weighted by Crippen LogP contribution is 2.32. The highest BCUT2D eigenvalue weighted by molar-refractivity contribution is 6.32. The largest absolute Gasteiger partial charge is 0.495 e. The lowest BCUT2D eigenvalue weighted by atomic mass is 10.1. The lowest BCUT2D eigenvalue weighted by Gasteiger charge is -2.12. The predicted molar refractivity (Wildman–Crippen MR) is 75.0 cm³/mol. The molecular formula is C13H17ClN2O2. The van der Waals surface area contributed by atoms with Gasteiger partial charge in [0, 0.05) is 12.1 Å². The van der Waals surface area contributed by atoms with Crippen molar-refractivity contribution < 1.29 is 9.53 Å². The molecule has 0 bridgehead atoms. The monoisotopic (exact) mass is 268 g/mol. The van der Waals surface area contributed by atoms with E-state index >= 15 is 0 Å². The van der Waals surface area contributed by atoms with Crippen LogP contribution in [0, 0.1) is 0 Å². The number of carbonyl (C=O) groups excluding carboxylic acids is 1. The highest BCUT2D eigenvalue weighted by Gasteiger charge is 2.08. The van der Waals surface area contributed by atoms with E-state index < -0.39 is 0 Å². The second-order valence-corrected chi connectivity index (χ2v) is 4.42. The molecule has 0 saturated carbocycles. The minimum Gasteiger partial charge on any atom is -0.495 e. The van der Waals surface area contributed by atoms with Crippen molar-refractivity contribution in [1.82, 2.24) is 0 Å². The van der Waals surface area contributed by atoms with Crippen molar-refractivity contribution in [3.63, 3.8) is 0 Å². The first-order chi connectivity index (χ1) is 8.49. The fourth-order valence-corrected chi connectivity index (χ4v) is 1.66. The highest BCUT2D eigenvalue weighted by atomic mass is 35.5. The van der Waals surface area contributed by atoms with Crippen molar-refractivity contribution in [2.45, 2.75) is 19.9 Å². The Morgan fingerprint density at radius 2 is 2.22 bits per heavy atom. The fraction of sp³-hybridized carbons (Fsp3) is 0.308. The first-order valence-electron chi connectivity index (χ1n) is 5.51. The minimum absolute atomic E-state index is 0.0602. The van der Waals surface area contributed by atoms with Gasteiger partial charge in [-0.15, -0.1) is 0 Å². The summed E-state index contributed by atoms with van der Waals surface area (Å²) in [6.45, 7) is 3.82. The molecule has 1 aromatic rings. The van der Waals surface area contributed by atoms with Crippen LogP contribution in [0.25, 0.3) is 6.08 Å². The van der Waals surface area contributed by atoms with Gasteiger partial charge < -0.3 is 15.8 Å². The SMILES string of the molecule is COc1cc(NC=O)c(/C=C(\C)C(C)N)cc1Cl. The number of carbonyl (C=O) groups is 1. The summed E-state index contributed by atoms with van der Waals surface area (Å²) in [7, 11) is 1.52. The maximum Gasteiger partial charge on any atom is 0.211 e. The molecule has 0 fully saturated rings. The second kappa shape index (κ2) is 6.42. The topological polar surface area (TPSA) is 64.3 Å². The molecule has 1 atom stereocenters. The van der Waals surface area contributed by atoms with Crippen LogP contribution in [-0.2, 0) is 4.79 Å². The average Bonchev–Trinajstić information content (AvgIpc) is 2.32. The number of nitrogens with two attached hydrogens (primary N) is 1. The molecule has 0 heterocycles. The summed E-state index contributed by atoms with van der Waals surface area (Å²) in [5, 5.41) is 3.10. The Bertz CT molecular complexity index is 470. The Kier molecular flexibility index (Phi) is 5.19. The molecule has 18 heavy (non-hydrogen) atoms. The van der Waals surface area contributed by atoms with E-state index in [9.17, 15) is 4.79 Å². The van der Waals surface area contributed by atoms with E-state index in [2.05, 4.69) is 5.32 Å². The molecule has 1 unspecified atom stereocenters. The second-order valence-electron chi connectivity index (χ2n) is 4.01. The third kappa shape index (κ3) is 3.48. The first-order valence-corrected chi connectivity index (χ1v) is 5.89. The number of rotatable bonds is 5. The Labute approximate surface area is 112 Å². The standard InChI is InChI=1S/C13H17ClN2O2/c1-8(9(2)15)4-10-5-11(14)13(18-3)6-12(10)16-7-17/h4-7,9H,15H2,1-3H3,(H,16,17)/b8-4+. The van der Waals surface area contributed by atoms with Gasteiger partial charge in [-0.05, 0) is 25.5 Å². The third-order valence-corrected chi connectivity index (χ3v) is 2.94. The number of hydrogen-bond donors (Lipinski definition) is 2. The van der Waals surface area contributed by atoms with E-state index in [-0.39, 0.29) is 6.04 Å². The fourth-order valence-electron chi connectivity index (χ4n) is 1.41. The zero-order valence-corrected chi connectivity index (χ0v) is 11.4. The first kappa shape index (κ1) is 14.5. The summed E-state index contributed by atoms with van der Waals surface area (Å²) in [4.78, 5) is 10.6. The van der Waals surface area contributed by atoms with E-state index in [0.29, 0.717) is 22.9 Å². The summed E-state index contributed by atoms with van der Waals surface area (Å²) in [5.74, 6) is 0.511. The average molecular weight is 269 g/mol. The zero-order valence-electron chi connectivity index (χ0n) is 10.7. The molecule has 0 saturated heterocycles. The van der Waals surface area contributed by atoms with Gasteiger partial charge in [0.25, 0.3) is 0 Å². The molecular weight excluding hydrogens is 252 g/mol. The summed E-state index contributed by atoms with van der Waals surface area (Å²) < 4.78 is 5.11. The number of methoxy groups -OCH3 is 1. The summed E-state index contributed by atoms with van der Waals surface area (Å²) in [6.07, 6.45) is 2.50. The summed E-state index contributed by atoms with van der Waals surface area (Å²) in [5.41, 5.74) is 8.20. The van der Waals surface area contributed by atoms with E-state index in [0.717, 1.165) is 11.1 Å². The van der Waals surface area contributed by atoms with E-state index in [1.807, 2.05) is 19.9 Å².